The Morgan fingerprint density at radius 2 is 2.14 bits per heavy atom. The fourth-order valence-electron chi connectivity index (χ4n) is 3.28. The summed E-state index contributed by atoms with van der Waals surface area (Å²) in [6, 6.07) is 0. The van der Waals surface area contributed by atoms with Gasteiger partial charge in [0, 0.05) is 11.3 Å². The quantitative estimate of drug-likeness (QED) is 0.880. The number of hydrogen-bond donors (Lipinski definition) is 2. The molecular formula is C16H26ClN3OS. The van der Waals surface area contributed by atoms with Crippen molar-refractivity contribution < 1.29 is 4.79 Å². The normalized spacial score (nSPS) is 21.8. The Labute approximate surface area is 142 Å². The fourth-order valence-corrected chi connectivity index (χ4v) is 4.47. The third kappa shape index (κ3) is 4.67. The number of carbonyl (C=O) groups is 1. The van der Waals surface area contributed by atoms with Gasteiger partial charge in [-0.15, -0.1) is 23.7 Å². The van der Waals surface area contributed by atoms with E-state index in [1.54, 1.807) is 11.3 Å². The lowest BCUT2D eigenvalue weighted by Crippen LogP contribution is -2.28. The molecule has 1 unspecified atom stereocenters. The van der Waals surface area contributed by atoms with Crippen LogP contribution in [0.1, 0.15) is 49.6 Å². The molecule has 3 rings (SSSR count). The molecule has 2 N–H and O–H groups in total. The van der Waals surface area contributed by atoms with E-state index in [0.29, 0.717) is 12.3 Å². The third-order valence-corrected chi connectivity index (χ3v) is 5.71. The van der Waals surface area contributed by atoms with Gasteiger partial charge in [0.2, 0.25) is 5.91 Å². The Hall–Kier alpha value is -0.650. The van der Waals surface area contributed by atoms with Crippen LogP contribution >= 0.6 is 23.7 Å². The molecule has 4 nitrogen and oxygen atoms in total. The van der Waals surface area contributed by atoms with Gasteiger partial charge in [-0.1, -0.05) is 6.92 Å². The summed E-state index contributed by atoms with van der Waals surface area (Å²) in [6.45, 7) is 4.49. The minimum Gasteiger partial charge on any atom is -0.317 e. The predicted octanol–water partition coefficient (Wildman–Crippen LogP) is 3.41. The maximum Gasteiger partial charge on any atom is 0.226 e. The second-order valence-corrected chi connectivity index (χ2v) is 7.60. The van der Waals surface area contributed by atoms with E-state index in [-0.39, 0.29) is 18.3 Å². The molecule has 2 heterocycles. The molecule has 0 saturated carbocycles. The summed E-state index contributed by atoms with van der Waals surface area (Å²) < 4.78 is 0. The van der Waals surface area contributed by atoms with Crippen molar-refractivity contribution in [3.8, 4) is 0 Å². The smallest absolute Gasteiger partial charge is 0.226 e. The van der Waals surface area contributed by atoms with Gasteiger partial charge in [0.15, 0.2) is 5.13 Å². The van der Waals surface area contributed by atoms with Gasteiger partial charge in [-0.2, -0.15) is 0 Å². The Morgan fingerprint density at radius 3 is 2.91 bits per heavy atom. The van der Waals surface area contributed by atoms with Crippen LogP contribution in [-0.4, -0.2) is 24.0 Å². The monoisotopic (exact) mass is 343 g/mol. The molecule has 0 radical (unpaired) electrons. The van der Waals surface area contributed by atoms with Gasteiger partial charge in [-0.25, -0.2) is 4.98 Å². The fraction of sp³-hybridized carbons (Fsp3) is 0.750. The number of nitrogens with zero attached hydrogens (tertiary/aromatic N) is 1. The summed E-state index contributed by atoms with van der Waals surface area (Å²) in [6.07, 6.45) is 7.46. The van der Waals surface area contributed by atoms with Gasteiger partial charge < -0.3 is 10.6 Å². The number of aromatic nitrogens is 1. The van der Waals surface area contributed by atoms with E-state index in [4.69, 9.17) is 0 Å². The lowest BCUT2D eigenvalue weighted by Gasteiger charge is -2.21. The largest absolute Gasteiger partial charge is 0.317 e. The van der Waals surface area contributed by atoms with E-state index in [9.17, 15) is 4.79 Å². The maximum absolute atomic E-state index is 12.1. The molecule has 1 aromatic heterocycles. The molecule has 1 amide bonds. The van der Waals surface area contributed by atoms with Gasteiger partial charge in [0.05, 0.1) is 5.69 Å². The Bertz CT molecular complexity index is 500. The van der Waals surface area contributed by atoms with Crippen molar-refractivity contribution in [1.29, 1.82) is 0 Å². The SMILES string of the molecule is CC1CCc2nc(NC(=O)CCC3CCNCC3)sc2C1.Cl. The second kappa shape index (κ2) is 8.27. The Morgan fingerprint density at radius 1 is 1.36 bits per heavy atom. The van der Waals surface area contributed by atoms with Gasteiger partial charge in [0.25, 0.3) is 0 Å². The minimum absolute atomic E-state index is 0. The van der Waals surface area contributed by atoms with Crippen LogP contribution in [0.3, 0.4) is 0 Å². The first-order valence-corrected chi connectivity index (χ1v) is 9.01. The summed E-state index contributed by atoms with van der Waals surface area (Å²) in [5, 5.41) is 7.18. The lowest BCUT2D eigenvalue weighted by molar-refractivity contribution is -0.116. The van der Waals surface area contributed by atoms with E-state index in [2.05, 4.69) is 22.5 Å². The molecule has 2 aliphatic rings. The van der Waals surface area contributed by atoms with Crippen molar-refractivity contribution in [1.82, 2.24) is 10.3 Å². The van der Waals surface area contributed by atoms with Gasteiger partial charge in [0.1, 0.15) is 0 Å². The number of rotatable bonds is 4. The highest BCUT2D eigenvalue weighted by Crippen LogP contribution is 2.32. The average Bonchev–Trinajstić information content (AvgIpc) is 2.87. The van der Waals surface area contributed by atoms with Crippen LogP contribution in [0.25, 0.3) is 0 Å². The van der Waals surface area contributed by atoms with Crippen molar-refractivity contribution in [2.24, 2.45) is 11.8 Å². The van der Waals surface area contributed by atoms with Gasteiger partial charge >= 0.3 is 0 Å². The van der Waals surface area contributed by atoms with Crippen molar-refractivity contribution in [2.75, 3.05) is 18.4 Å². The van der Waals surface area contributed by atoms with Crippen molar-refractivity contribution in [3.05, 3.63) is 10.6 Å². The topological polar surface area (TPSA) is 54.0 Å². The van der Waals surface area contributed by atoms with Crippen LogP contribution < -0.4 is 10.6 Å². The molecule has 1 aliphatic heterocycles. The molecule has 0 bridgehead atoms. The molecule has 124 valence electrons. The molecule has 1 atom stereocenters. The van der Waals surface area contributed by atoms with E-state index in [1.165, 1.54) is 29.8 Å². The van der Waals surface area contributed by atoms with Crippen LogP contribution in [0, 0.1) is 11.8 Å². The molecule has 0 aromatic carbocycles. The number of halogens is 1. The number of anilines is 1. The van der Waals surface area contributed by atoms with Crippen molar-refractivity contribution in [2.45, 2.75) is 51.9 Å². The van der Waals surface area contributed by atoms with Crippen molar-refractivity contribution in [3.63, 3.8) is 0 Å². The number of hydrogen-bond acceptors (Lipinski definition) is 4. The summed E-state index contributed by atoms with van der Waals surface area (Å²) in [7, 11) is 0. The molecular weight excluding hydrogens is 318 g/mol. The summed E-state index contributed by atoms with van der Waals surface area (Å²) in [4.78, 5) is 18.0. The van der Waals surface area contributed by atoms with Crippen LogP contribution in [-0.2, 0) is 17.6 Å². The van der Waals surface area contributed by atoms with E-state index in [0.717, 1.165) is 43.4 Å². The first-order valence-electron chi connectivity index (χ1n) is 8.20. The Kier molecular flexibility index (Phi) is 6.66. The molecule has 1 fully saturated rings. The van der Waals surface area contributed by atoms with Gasteiger partial charge in [-0.3, -0.25) is 4.79 Å². The zero-order valence-corrected chi connectivity index (χ0v) is 14.8. The van der Waals surface area contributed by atoms with E-state index >= 15 is 0 Å². The third-order valence-electron chi connectivity index (χ3n) is 4.67. The predicted molar refractivity (Wildman–Crippen MR) is 94.0 cm³/mol. The molecule has 1 aliphatic carbocycles. The first-order chi connectivity index (χ1) is 10.2. The number of fused-ring (bicyclic) bond motifs is 1. The molecule has 0 spiro atoms. The van der Waals surface area contributed by atoms with Crippen molar-refractivity contribution >= 4 is 34.8 Å². The molecule has 1 saturated heterocycles. The number of aryl methyl sites for hydroxylation is 1. The van der Waals surface area contributed by atoms with Crippen LogP contribution in [0.5, 0.6) is 0 Å². The molecule has 22 heavy (non-hydrogen) atoms. The van der Waals surface area contributed by atoms with Gasteiger partial charge in [-0.05, 0) is 63.5 Å². The second-order valence-electron chi connectivity index (χ2n) is 6.52. The van der Waals surface area contributed by atoms with E-state index in [1.807, 2.05) is 0 Å². The number of piperidine rings is 1. The number of amides is 1. The summed E-state index contributed by atoms with van der Waals surface area (Å²) in [5.41, 5.74) is 1.21. The summed E-state index contributed by atoms with van der Waals surface area (Å²) in [5.74, 6) is 1.59. The summed E-state index contributed by atoms with van der Waals surface area (Å²) >= 11 is 1.68. The zero-order valence-electron chi connectivity index (χ0n) is 13.2. The molecule has 6 heteroatoms. The maximum atomic E-state index is 12.1. The number of thiazole rings is 1. The van der Waals surface area contributed by atoms with Crippen LogP contribution in [0.2, 0.25) is 0 Å². The highest BCUT2D eigenvalue weighted by molar-refractivity contribution is 7.15. The zero-order chi connectivity index (χ0) is 14.7. The Balaban J connectivity index is 0.00000176. The number of nitrogens with one attached hydrogen (secondary N) is 2. The van der Waals surface area contributed by atoms with Crippen LogP contribution in [0.4, 0.5) is 5.13 Å². The highest BCUT2D eigenvalue weighted by Gasteiger charge is 2.21. The average molecular weight is 344 g/mol. The molecule has 1 aromatic rings. The lowest BCUT2D eigenvalue weighted by atomic mass is 9.93. The number of carbonyl (C=O) groups excluding carboxylic acids is 1. The van der Waals surface area contributed by atoms with Crippen LogP contribution in [0.15, 0.2) is 0 Å². The highest BCUT2D eigenvalue weighted by atomic mass is 35.5. The standard InChI is InChI=1S/C16H25N3OS.ClH/c1-11-2-4-13-14(10-11)21-16(18-13)19-15(20)5-3-12-6-8-17-9-7-12;/h11-12,17H,2-10H2,1H3,(H,18,19,20);1H. The first kappa shape index (κ1) is 17.7. The minimum atomic E-state index is 0. The van der Waals surface area contributed by atoms with E-state index < -0.39 is 0 Å².